The summed E-state index contributed by atoms with van der Waals surface area (Å²) < 4.78 is 55.0. The Kier molecular flexibility index (Phi) is 10.1. The van der Waals surface area contributed by atoms with Gasteiger partial charge in [-0.3, -0.25) is 0 Å². The molecule has 1 N–H and O–H groups in total. The molecule has 1 aromatic rings. The lowest BCUT2D eigenvalue weighted by molar-refractivity contribution is 0.137. The Balaban J connectivity index is 0.000000575. The number of methoxy groups -OCH3 is 2. The van der Waals surface area contributed by atoms with Gasteiger partial charge in [0.1, 0.15) is 16.8 Å². The van der Waals surface area contributed by atoms with Crippen molar-refractivity contribution in [3.8, 4) is 17.2 Å². The van der Waals surface area contributed by atoms with Gasteiger partial charge < -0.3 is 31.5 Å². The van der Waals surface area contributed by atoms with E-state index in [2.05, 4.69) is 16.9 Å². The number of halogens is 4. The van der Waals surface area contributed by atoms with Gasteiger partial charge in [0.2, 0.25) is 0 Å². The number of hydrogen-bond acceptors (Lipinski definition) is 2. The zero-order valence-electron chi connectivity index (χ0n) is 18.2. The summed E-state index contributed by atoms with van der Waals surface area (Å²) in [5.74, 6) is 2.95. The van der Waals surface area contributed by atoms with E-state index in [1.807, 2.05) is 7.11 Å². The molecule has 0 heterocycles. The molecule has 3 rings (SSSR count). The molecule has 2 aliphatic carbocycles. The Labute approximate surface area is 178 Å². The van der Waals surface area contributed by atoms with Gasteiger partial charge in [-0.2, -0.15) is 0 Å². The first-order valence-electron chi connectivity index (χ1n) is 10.8. The molecule has 30 heavy (non-hydrogen) atoms. The van der Waals surface area contributed by atoms with E-state index >= 15 is 0 Å². The third-order valence-electron chi connectivity index (χ3n) is 5.92. The third-order valence-corrected chi connectivity index (χ3v) is 9.49. The number of rotatable bonds is 6. The highest BCUT2D eigenvalue weighted by Crippen LogP contribution is 2.58. The van der Waals surface area contributed by atoms with Crippen LogP contribution in [0.3, 0.4) is 0 Å². The Morgan fingerprint density at radius 1 is 0.833 bits per heavy atom. The highest BCUT2D eigenvalue weighted by molar-refractivity contribution is 7.67. The first kappa shape index (κ1) is 25.1. The van der Waals surface area contributed by atoms with Crippen LogP contribution in [0.2, 0.25) is 0 Å². The second-order valence-corrected chi connectivity index (χ2v) is 10.6. The molecule has 2 aliphatic rings. The zero-order valence-corrected chi connectivity index (χ0v) is 19.1. The Morgan fingerprint density at radius 2 is 1.30 bits per heavy atom. The molecule has 0 aromatic heterocycles. The van der Waals surface area contributed by atoms with Crippen molar-refractivity contribution in [1.82, 2.24) is 0 Å². The molecule has 172 valence electrons. The molecule has 0 atom stereocenters. The highest BCUT2D eigenvalue weighted by Gasteiger charge is 2.37. The second-order valence-electron chi connectivity index (χ2n) is 7.91. The van der Waals surface area contributed by atoms with E-state index in [1.54, 1.807) is 14.2 Å². The zero-order chi connectivity index (χ0) is 22.1. The molecule has 9 heteroatoms. The van der Waals surface area contributed by atoms with E-state index in [9.17, 15) is 17.3 Å². The largest absolute Gasteiger partial charge is 0.673 e. The summed E-state index contributed by atoms with van der Waals surface area (Å²) in [6, 6.07) is 4.18. The van der Waals surface area contributed by atoms with E-state index in [1.165, 1.54) is 69.5 Å². The molecular weight excluding hydrogens is 418 g/mol. The van der Waals surface area contributed by atoms with Crippen LogP contribution in [0.15, 0.2) is 12.1 Å². The van der Waals surface area contributed by atoms with Crippen LogP contribution < -0.4 is 14.8 Å². The minimum absolute atomic E-state index is 0.237. The van der Waals surface area contributed by atoms with Crippen molar-refractivity contribution in [2.24, 2.45) is 0 Å². The maximum Gasteiger partial charge on any atom is 0.673 e. The van der Waals surface area contributed by atoms with Gasteiger partial charge in [-0.25, -0.2) is 0 Å². The molecule has 0 saturated heterocycles. The first-order chi connectivity index (χ1) is 14.3. The Morgan fingerprint density at radius 3 is 1.67 bits per heavy atom. The molecular formula is C21H34BF4O3P. The van der Waals surface area contributed by atoms with E-state index < -0.39 is 7.25 Å². The molecule has 0 unspecified atom stereocenters. The molecule has 0 amide bonds. The Bertz CT molecular complexity index is 599. The summed E-state index contributed by atoms with van der Waals surface area (Å²) in [5.41, 5.74) is 1.68. The van der Waals surface area contributed by atoms with E-state index in [0.29, 0.717) is 0 Å². The molecule has 0 spiro atoms. The number of aromatic hydroxyl groups is 1. The van der Waals surface area contributed by atoms with E-state index in [0.717, 1.165) is 28.6 Å². The molecule has 0 radical (unpaired) electrons. The predicted octanol–water partition coefficient (Wildman–Crippen LogP) is 6.65. The molecule has 2 fully saturated rings. The van der Waals surface area contributed by atoms with Gasteiger partial charge in [-0.1, -0.05) is 46.4 Å². The SMILES string of the molecule is COc1cc(OC)c(P(C2CCCCC2)C2CCCCC2)c([OH+]C)c1.F[B-](F)(F)F. The van der Waals surface area contributed by atoms with Gasteiger partial charge >= 0.3 is 7.25 Å². The van der Waals surface area contributed by atoms with E-state index in [4.69, 9.17) is 9.47 Å². The summed E-state index contributed by atoms with van der Waals surface area (Å²) in [4.78, 5) is 0. The van der Waals surface area contributed by atoms with Crippen LogP contribution in [0.25, 0.3) is 0 Å². The van der Waals surface area contributed by atoms with Crippen molar-refractivity contribution in [1.29, 1.82) is 0 Å². The van der Waals surface area contributed by atoms with Gasteiger partial charge in [-0.15, -0.1) is 0 Å². The minimum atomic E-state index is -6.00. The molecule has 3 nitrogen and oxygen atoms in total. The quantitative estimate of drug-likeness (QED) is 0.210. The van der Waals surface area contributed by atoms with Crippen molar-refractivity contribution in [2.75, 3.05) is 21.3 Å². The van der Waals surface area contributed by atoms with Crippen LogP contribution in [0.4, 0.5) is 17.3 Å². The maximum absolute atomic E-state index is 9.75. The standard InChI is InChI=1S/C21H33O3P.BF4/c1-22-16-14-19(23-2)21(20(15-16)24-3)25(17-10-6-4-7-11-17)18-12-8-5-9-13-18;2-1(3,4)5/h14-15,17-18H,4-13H2,1-3H3;/q;-1/p+1. The van der Waals surface area contributed by atoms with Gasteiger partial charge in [0.15, 0.2) is 7.11 Å². The molecule has 0 bridgehead atoms. The summed E-state index contributed by atoms with van der Waals surface area (Å²) in [7, 11) is -0.808. The number of hydrogen-bond donors (Lipinski definition) is 0. The number of ether oxygens (including phenoxy) is 3. The van der Waals surface area contributed by atoms with Crippen molar-refractivity contribution >= 4 is 20.5 Å². The van der Waals surface area contributed by atoms with Crippen molar-refractivity contribution in [2.45, 2.75) is 75.5 Å². The average Bonchev–Trinajstić information content (AvgIpc) is 2.74. The lowest BCUT2D eigenvalue weighted by Gasteiger charge is -2.39. The van der Waals surface area contributed by atoms with Gasteiger partial charge in [0.05, 0.1) is 20.3 Å². The highest BCUT2D eigenvalue weighted by atomic mass is 31.1. The van der Waals surface area contributed by atoms with Crippen LogP contribution in [0.5, 0.6) is 17.2 Å². The lowest BCUT2D eigenvalue weighted by Crippen LogP contribution is -2.27. The van der Waals surface area contributed by atoms with Crippen LogP contribution in [0.1, 0.15) is 64.2 Å². The smallest absolute Gasteiger partial charge is 0.584 e. The van der Waals surface area contributed by atoms with Crippen LogP contribution in [-0.2, 0) is 0 Å². The van der Waals surface area contributed by atoms with Gasteiger partial charge in [0, 0.05) is 6.07 Å². The topological polar surface area (TPSA) is 31.3 Å². The summed E-state index contributed by atoms with van der Waals surface area (Å²) in [6.45, 7) is 0. The summed E-state index contributed by atoms with van der Waals surface area (Å²) in [5, 5.41) is 1.42. The summed E-state index contributed by atoms with van der Waals surface area (Å²) >= 11 is 0. The normalized spacial score (nSPS) is 18.5. The van der Waals surface area contributed by atoms with Crippen LogP contribution >= 0.6 is 7.92 Å². The predicted molar refractivity (Wildman–Crippen MR) is 118 cm³/mol. The lowest BCUT2D eigenvalue weighted by atomic mass is 9.99. The fourth-order valence-electron chi connectivity index (χ4n) is 4.65. The third kappa shape index (κ3) is 7.51. The van der Waals surface area contributed by atoms with Crippen molar-refractivity contribution in [3.05, 3.63) is 12.1 Å². The maximum atomic E-state index is 9.75. The molecule has 1 aromatic carbocycles. The van der Waals surface area contributed by atoms with Gasteiger partial charge in [-0.05, 0) is 37.0 Å². The minimum Gasteiger partial charge on any atom is -0.584 e. The second kappa shape index (κ2) is 12.0. The van der Waals surface area contributed by atoms with Crippen molar-refractivity contribution in [3.63, 3.8) is 0 Å². The Hall–Kier alpha value is -1.17. The average molecular weight is 452 g/mol. The van der Waals surface area contributed by atoms with Crippen molar-refractivity contribution < 1.29 is 31.5 Å². The summed E-state index contributed by atoms with van der Waals surface area (Å²) in [6.07, 6.45) is 14.0. The number of aliphatic hydroxyl groups is 1. The molecule has 2 saturated carbocycles. The fraction of sp³-hybridized carbons (Fsp3) is 0.714. The van der Waals surface area contributed by atoms with E-state index in [-0.39, 0.29) is 7.92 Å². The first-order valence-corrected chi connectivity index (χ1v) is 12.3. The van der Waals surface area contributed by atoms with Crippen LogP contribution in [0, 0.1) is 0 Å². The molecule has 0 aliphatic heterocycles. The number of benzene rings is 1. The fourth-order valence-corrected chi connectivity index (χ4v) is 8.66. The van der Waals surface area contributed by atoms with Gasteiger partial charge in [0.25, 0.3) is 5.75 Å². The van der Waals surface area contributed by atoms with Crippen LogP contribution in [-0.4, -0.2) is 44.6 Å². The monoisotopic (exact) mass is 452 g/mol.